The van der Waals surface area contributed by atoms with E-state index < -0.39 is 23.4 Å². The number of para-hydroxylation sites is 2. The van der Waals surface area contributed by atoms with E-state index in [0.29, 0.717) is 11.4 Å². The molecule has 4 rings (SSSR count). The number of carbonyl (C=O) groups excluding carboxylic acids is 4. The summed E-state index contributed by atoms with van der Waals surface area (Å²) in [6, 6.07) is 14.9. The van der Waals surface area contributed by atoms with Gasteiger partial charge < -0.3 is 4.90 Å². The van der Waals surface area contributed by atoms with Crippen LogP contribution in [0.2, 0.25) is 0 Å². The first-order valence-electron chi connectivity index (χ1n) is 7.62. The Morgan fingerprint density at radius 1 is 0.800 bits per heavy atom. The van der Waals surface area contributed by atoms with Crippen LogP contribution in [0.4, 0.5) is 11.4 Å². The van der Waals surface area contributed by atoms with E-state index in [2.05, 4.69) is 0 Å². The van der Waals surface area contributed by atoms with Gasteiger partial charge in [0.1, 0.15) is 11.3 Å². The lowest BCUT2D eigenvalue weighted by atomic mass is 9.99. The SMILES string of the molecule is CN1C(=O)C2=C(C(=O)c3ccccc3)C(=O)C(=O)N2c2ccccc21. The Balaban J connectivity index is 1.96. The molecule has 0 saturated heterocycles. The molecule has 6 heteroatoms. The number of likely N-dealkylation sites (N-methyl/N-ethyl adjacent to an activating group) is 1. The molecule has 2 aromatic carbocycles. The molecule has 2 heterocycles. The molecule has 2 amide bonds. The summed E-state index contributed by atoms with van der Waals surface area (Å²) in [5, 5.41) is 0. The maximum atomic E-state index is 12.8. The topological polar surface area (TPSA) is 74.8 Å². The second kappa shape index (κ2) is 5.24. The first kappa shape index (κ1) is 15.0. The third-order valence-electron chi connectivity index (χ3n) is 4.34. The van der Waals surface area contributed by atoms with E-state index >= 15 is 0 Å². The van der Waals surface area contributed by atoms with Crippen molar-refractivity contribution in [3.8, 4) is 0 Å². The molecule has 2 aliphatic rings. The van der Waals surface area contributed by atoms with Crippen LogP contribution in [0.25, 0.3) is 0 Å². The van der Waals surface area contributed by atoms with E-state index in [-0.39, 0.29) is 16.8 Å². The smallest absolute Gasteiger partial charge is 0.304 e. The Hall–Kier alpha value is -3.54. The van der Waals surface area contributed by atoms with E-state index in [9.17, 15) is 19.2 Å². The number of benzene rings is 2. The molecule has 0 bridgehead atoms. The van der Waals surface area contributed by atoms with E-state index in [1.807, 2.05) is 0 Å². The zero-order chi connectivity index (χ0) is 17.7. The fraction of sp³-hybridized carbons (Fsp3) is 0.0526. The normalized spacial score (nSPS) is 16.3. The van der Waals surface area contributed by atoms with Crippen molar-refractivity contribution in [3.63, 3.8) is 0 Å². The minimum Gasteiger partial charge on any atom is -0.308 e. The van der Waals surface area contributed by atoms with Crippen LogP contribution in [0.15, 0.2) is 65.9 Å². The number of carbonyl (C=O) groups is 4. The van der Waals surface area contributed by atoms with Crippen molar-refractivity contribution in [1.82, 2.24) is 0 Å². The highest BCUT2D eigenvalue weighted by Gasteiger charge is 2.49. The van der Waals surface area contributed by atoms with Crippen LogP contribution >= 0.6 is 0 Å². The molecule has 122 valence electrons. The van der Waals surface area contributed by atoms with Crippen molar-refractivity contribution in [2.24, 2.45) is 0 Å². The number of nitrogens with zero attached hydrogens (tertiary/aromatic N) is 2. The third kappa shape index (κ3) is 1.97. The molecule has 0 atom stereocenters. The molecule has 0 spiro atoms. The summed E-state index contributed by atoms with van der Waals surface area (Å²) in [6.07, 6.45) is 0. The van der Waals surface area contributed by atoms with Crippen molar-refractivity contribution in [3.05, 3.63) is 71.4 Å². The van der Waals surface area contributed by atoms with E-state index in [1.165, 1.54) is 4.90 Å². The van der Waals surface area contributed by atoms with Crippen LogP contribution < -0.4 is 9.80 Å². The zero-order valence-corrected chi connectivity index (χ0v) is 13.2. The number of rotatable bonds is 2. The molecule has 0 N–H and O–H groups in total. The predicted molar refractivity (Wildman–Crippen MR) is 90.1 cm³/mol. The quantitative estimate of drug-likeness (QED) is 0.477. The van der Waals surface area contributed by atoms with Gasteiger partial charge in [0.05, 0.1) is 11.4 Å². The Labute approximate surface area is 143 Å². The number of ketones is 2. The molecule has 2 aromatic rings. The van der Waals surface area contributed by atoms with E-state index in [1.54, 1.807) is 61.6 Å². The van der Waals surface area contributed by atoms with Gasteiger partial charge in [-0.25, -0.2) is 0 Å². The van der Waals surface area contributed by atoms with Gasteiger partial charge in [-0.3, -0.25) is 24.1 Å². The molecule has 0 aromatic heterocycles. The van der Waals surface area contributed by atoms with Crippen LogP contribution in [-0.4, -0.2) is 30.4 Å². The molecule has 0 fully saturated rings. The number of Topliss-reactive ketones (excluding diaryl/α,β-unsaturated/α-hetero) is 2. The van der Waals surface area contributed by atoms with Crippen LogP contribution in [0.5, 0.6) is 0 Å². The lowest BCUT2D eigenvalue weighted by Crippen LogP contribution is -2.42. The molecule has 6 nitrogen and oxygen atoms in total. The van der Waals surface area contributed by atoms with Crippen LogP contribution in [0.1, 0.15) is 10.4 Å². The highest BCUT2D eigenvalue weighted by molar-refractivity contribution is 6.60. The van der Waals surface area contributed by atoms with Gasteiger partial charge in [-0.2, -0.15) is 0 Å². The Kier molecular flexibility index (Phi) is 3.15. The standard InChI is InChI=1S/C19H12N2O4/c1-20-12-9-5-6-10-13(12)21-15(18(20)24)14(17(23)19(21)25)16(22)11-7-3-2-4-8-11/h2-10H,1H3. The number of hydrogen-bond acceptors (Lipinski definition) is 4. The fourth-order valence-electron chi connectivity index (χ4n) is 3.11. The molecule has 0 unspecified atom stereocenters. The summed E-state index contributed by atoms with van der Waals surface area (Å²) in [5.41, 5.74) is 0.620. The fourth-order valence-corrected chi connectivity index (χ4v) is 3.11. The average Bonchev–Trinajstić information content (AvgIpc) is 2.91. The number of fused-ring (bicyclic) bond motifs is 3. The summed E-state index contributed by atoms with van der Waals surface area (Å²) in [5.74, 6) is -3.03. The third-order valence-corrected chi connectivity index (χ3v) is 4.34. The largest absolute Gasteiger partial charge is 0.308 e. The second-order valence-corrected chi connectivity index (χ2v) is 5.74. The van der Waals surface area contributed by atoms with Gasteiger partial charge in [-0.05, 0) is 12.1 Å². The summed E-state index contributed by atoms with van der Waals surface area (Å²) < 4.78 is 0. The highest BCUT2D eigenvalue weighted by Crippen LogP contribution is 2.41. The van der Waals surface area contributed by atoms with Crippen molar-refractivity contribution >= 4 is 34.8 Å². The minimum atomic E-state index is -0.956. The summed E-state index contributed by atoms with van der Waals surface area (Å²) in [7, 11) is 1.55. The van der Waals surface area contributed by atoms with Crippen molar-refractivity contribution in [2.45, 2.75) is 0 Å². The van der Waals surface area contributed by atoms with Crippen LogP contribution in [0.3, 0.4) is 0 Å². The number of hydrogen-bond donors (Lipinski definition) is 0. The molecule has 25 heavy (non-hydrogen) atoms. The maximum Gasteiger partial charge on any atom is 0.304 e. The first-order valence-corrected chi connectivity index (χ1v) is 7.62. The average molecular weight is 332 g/mol. The minimum absolute atomic E-state index is 0.176. The number of anilines is 2. The highest BCUT2D eigenvalue weighted by atomic mass is 16.2. The van der Waals surface area contributed by atoms with Gasteiger partial charge in [0, 0.05) is 12.6 Å². The van der Waals surface area contributed by atoms with Gasteiger partial charge in [-0.1, -0.05) is 42.5 Å². The second-order valence-electron chi connectivity index (χ2n) is 5.74. The predicted octanol–water partition coefficient (Wildman–Crippen LogP) is 1.72. The van der Waals surface area contributed by atoms with Crippen molar-refractivity contribution in [1.29, 1.82) is 0 Å². The van der Waals surface area contributed by atoms with E-state index in [4.69, 9.17) is 0 Å². The van der Waals surface area contributed by atoms with Crippen LogP contribution in [0, 0.1) is 0 Å². The molecule has 0 radical (unpaired) electrons. The summed E-state index contributed by atoms with van der Waals surface area (Å²) in [6.45, 7) is 0. The molecular weight excluding hydrogens is 320 g/mol. The maximum absolute atomic E-state index is 12.8. The Bertz CT molecular complexity index is 991. The number of amides is 2. The summed E-state index contributed by atoms with van der Waals surface area (Å²) in [4.78, 5) is 53.0. The molecule has 0 aliphatic carbocycles. The van der Waals surface area contributed by atoms with Gasteiger partial charge in [-0.15, -0.1) is 0 Å². The summed E-state index contributed by atoms with van der Waals surface area (Å²) >= 11 is 0. The van der Waals surface area contributed by atoms with E-state index in [0.717, 1.165) is 4.90 Å². The van der Waals surface area contributed by atoms with Gasteiger partial charge in [0.2, 0.25) is 0 Å². The Morgan fingerprint density at radius 3 is 2.08 bits per heavy atom. The molecular formula is C19H12N2O4. The van der Waals surface area contributed by atoms with Gasteiger partial charge in [0.15, 0.2) is 5.78 Å². The van der Waals surface area contributed by atoms with Gasteiger partial charge >= 0.3 is 5.91 Å². The van der Waals surface area contributed by atoms with Crippen molar-refractivity contribution in [2.75, 3.05) is 16.8 Å². The molecule has 0 saturated carbocycles. The first-order chi connectivity index (χ1) is 12.0. The lowest BCUT2D eigenvalue weighted by Gasteiger charge is -2.32. The van der Waals surface area contributed by atoms with Gasteiger partial charge in [0.25, 0.3) is 11.7 Å². The monoisotopic (exact) mass is 332 g/mol. The Morgan fingerprint density at radius 2 is 1.40 bits per heavy atom. The van der Waals surface area contributed by atoms with Crippen LogP contribution in [-0.2, 0) is 14.4 Å². The molecule has 2 aliphatic heterocycles. The lowest BCUT2D eigenvalue weighted by molar-refractivity contribution is -0.132. The van der Waals surface area contributed by atoms with Crippen molar-refractivity contribution < 1.29 is 19.2 Å². The zero-order valence-electron chi connectivity index (χ0n) is 13.2.